The number of benzene rings is 2. The monoisotopic (exact) mass is 919 g/mol. The van der Waals surface area contributed by atoms with Crippen molar-refractivity contribution in [3.63, 3.8) is 0 Å². The van der Waals surface area contributed by atoms with E-state index in [4.69, 9.17) is 28.0 Å². The van der Waals surface area contributed by atoms with Crippen LogP contribution in [-0.2, 0) is 35.2 Å². The highest BCUT2D eigenvalue weighted by atomic mass is 16.7. The molecule has 0 bridgehead atoms. The minimum atomic E-state index is -0.517. The fraction of sp³-hybridized carbons (Fsp3) is 0.509. The molecule has 4 aromatic heterocycles. The van der Waals surface area contributed by atoms with E-state index in [-0.39, 0.29) is 31.7 Å². The molecular formula is C53H70N6O8. The maximum Gasteiger partial charge on any atom is 0.276 e. The number of aromatic nitrogens is 6. The molecule has 0 spiro atoms. The zero-order chi connectivity index (χ0) is 48.4. The molecule has 0 aliphatic carbocycles. The van der Waals surface area contributed by atoms with Crippen molar-refractivity contribution in [1.29, 1.82) is 0 Å². The minimum Gasteiger partial charge on any atom is -0.493 e. The Morgan fingerprint density at radius 3 is 1.48 bits per heavy atom. The van der Waals surface area contributed by atoms with Crippen LogP contribution in [0.1, 0.15) is 99.9 Å². The van der Waals surface area contributed by atoms with Gasteiger partial charge in [0.25, 0.3) is 11.8 Å². The van der Waals surface area contributed by atoms with Crippen LogP contribution in [0.25, 0.3) is 45.9 Å². The summed E-state index contributed by atoms with van der Waals surface area (Å²) in [5, 5.41) is 27.0. The second-order valence-electron chi connectivity index (χ2n) is 19.0. The molecule has 7 rings (SSSR count). The van der Waals surface area contributed by atoms with Gasteiger partial charge in [-0.3, -0.25) is 9.97 Å². The molecule has 360 valence electrons. The van der Waals surface area contributed by atoms with Gasteiger partial charge in [-0.1, -0.05) is 51.9 Å². The number of hydrogen-bond donors (Lipinski definition) is 2. The van der Waals surface area contributed by atoms with Crippen molar-refractivity contribution in [3.05, 3.63) is 93.3 Å². The zero-order valence-corrected chi connectivity index (χ0v) is 41.5. The van der Waals surface area contributed by atoms with E-state index in [0.29, 0.717) is 66.5 Å². The summed E-state index contributed by atoms with van der Waals surface area (Å²) in [5.74, 6) is 4.07. The molecule has 0 atom stereocenters. The van der Waals surface area contributed by atoms with Crippen LogP contribution >= 0.6 is 0 Å². The van der Waals surface area contributed by atoms with Gasteiger partial charge in [0.1, 0.15) is 22.9 Å². The molecule has 1 aliphatic rings. The second-order valence-corrected chi connectivity index (χ2v) is 19.0. The van der Waals surface area contributed by atoms with Crippen LogP contribution < -0.4 is 9.47 Å². The molecule has 0 saturated carbocycles. The molecule has 14 heteroatoms. The largest absolute Gasteiger partial charge is 0.493 e. The van der Waals surface area contributed by atoms with Gasteiger partial charge in [0, 0.05) is 35.4 Å². The fourth-order valence-corrected chi connectivity index (χ4v) is 7.88. The lowest BCUT2D eigenvalue weighted by molar-refractivity contribution is -0.264. The molecule has 1 aliphatic heterocycles. The first-order chi connectivity index (χ1) is 32.0. The number of nitrogens with zero attached hydrogens (tertiary/aromatic N) is 6. The highest BCUT2D eigenvalue weighted by Gasteiger charge is 2.29. The van der Waals surface area contributed by atoms with Crippen molar-refractivity contribution in [2.24, 2.45) is 23.7 Å². The third kappa shape index (κ3) is 13.3. The van der Waals surface area contributed by atoms with E-state index >= 15 is 0 Å². The average Bonchev–Trinajstić information content (AvgIpc) is 4.00. The van der Waals surface area contributed by atoms with Gasteiger partial charge in [0.2, 0.25) is 11.6 Å². The number of pyridine rings is 2. The summed E-state index contributed by atoms with van der Waals surface area (Å²) in [7, 11) is 0. The third-order valence-corrected chi connectivity index (χ3v) is 11.7. The molecule has 2 N–H and O–H groups in total. The molecule has 14 nitrogen and oxygen atoms in total. The molecule has 0 unspecified atom stereocenters. The Labute approximate surface area is 395 Å². The Bertz CT molecular complexity index is 2550. The van der Waals surface area contributed by atoms with E-state index in [2.05, 4.69) is 84.8 Å². The van der Waals surface area contributed by atoms with Crippen LogP contribution in [0, 0.1) is 51.4 Å². The smallest absolute Gasteiger partial charge is 0.276 e. The predicted octanol–water partition coefficient (Wildman–Crippen LogP) is 10.1. The summed E-state index contributed by atoms with van der Waals surface area (Å²) in [6.45, 7) is 26.9. The number of aliphatic hydroxyl groups is 2. The Balaban J connectivity index is 0.000000222. The van der Waals surface area contributed by atoms with Gasteiger partial charge in [-0.15, -0.1) is 0 Å². The first-order valence-electron chi connectivity index (χ1n) is 23.6. The molecule has 2 aromatic carbocycles. The molecule has 1 fully saturated rings. The van der Waals surface area contributed by atoms with Gasteiger partial charge in [0.15, 0.2) is 5.79 Å². The van der Waals surface area contributed by atoms with Crippen molar-refractivity contribution in [2.45, 2.75) is 115 Å². The summed E-state index contributed by atoms with van der Waals surface area (Å²) in [6, 6.07) is 12.1. The van der Waals surface area contributed by atoms with Gasteiger partial charge in [-0.05, 0) is 160 Å². The Morgan fingerprint density at radius 1 is 0.627 bits per heavy atom. The van der Waals surface area contributed by atoms with Crippen LogP contribution in [0.15, 0.2) is 57.8 Å². The summed E-state index contributed by atoms with van der Waals surface area (Å²) in [6.07, 6.45) is 7.39. The molecule has 67 heavy (non-hydrogen) atoms. The first-order valence-corrected chi connectivity index (χ1v) is 23.6. The van der Waals surface area contributed by atoms with Crippen LogP contribution in [-0.4, -0.2) is 85.9 Å². The predicted molar refractivity (Wildman–Crippen MR) is 259 cm³/mol. The third-order valence-electron chi connectivity index (χ3n) is 11.7. The van der Waals surface area contributed by atoms with E-state index in [1.807, 2.05) is 77.3 Å². The van der Waals surface area contributed by atoms with E-state index in [9.17, 15) is 10.2 Å². The second kappa shape index (κ2) is 23.0. The fourth-order valence-electron chi connectivity index (χ4n) is 7.88. The number of aliphatic hydroxyl groups excluding tert-OH is 2. The highest BCUT2D eigenvalue weighted by molar-refractivity contribution is 5.64. The van der Waals surface area contributed by atoms with Crippen molar-refractivity contribution < 1.29 is 38.2 Å². The molecular weight excluding hydrogens is 849 g/mol. The highest BCUT2D eigenvalue weighted by Crippen LogP contribution is 2.34. The van der Waals surface area contributed by atoms with Crippen LogP contribution in [0.2, 0.25) is 0 Å². The quantitative estimate of drug-likeness (QED) is 0.0831. The standard InChI is InChI=1S/C28H37N3O4.C25H33N3O4/c1-8-21-12-22(10-19(5)25(21)32-14-20-15-33-28(6,7)34-16-20)26-30-27(35-31-26)24-11-18(4)23(13-29-24)9-17(2)3;1-6-19-10-20(8-17(5)23(19)31-14-18(12-29)13-30)24-27-25(32-28-24)22-9-16(4)21(11-26-22)7-15(2)3/h10-13,17,20H,8-9,14-16H2,1-7H3;8-11,15,18,29-30H,6-7,12-14H2,1-5H3. The summed E-state index contributed by atoms with van der Waals surface area (Å²) < 4.78 is 34.8. The minimum absolute atomic E-state index is 0.118. The van der Waals surface area contributed by atoms with Crippen LogP contribution in [0.5, 0.6) is 11.5 Å². The topological polar surface area (TPSA) is 181 Å². The number of hydrogen-bond acceptors (Lipinski definition) is 14. The Morgan fingerprint density at radius 2 is 1.07 bits per heavy atom. The number of rotatable bonds is 18. The molecule has 1 saturated heterocycles. The molecule has 6 aromatic rings. The van der Waals surface area contributed by atoms with Crippen molar-refractivity contribution in [3.8, 4) is 57.4 Å². The van der Waals surface area contributed by atoms with Gasteiger partial charge in [-0.25, -0.2) is 0 Å². The van der Waals surface area contributed by atoms with Gasteiger partial charge < -0.3 is 38.2 Å². The number of ether oxygens (including phenoxy) is 4. The van der Waals surface area contributed by atoms with Crippen molar-refractivity contribution in [1.82, 2.24) is 30.2 Å². The zero-order valence-electron chi connectivity index (χ0n) is 41.5. The van der Waals surface area contributed by atoms with Crippen molar-refractivity contribution >= 4 is 0 Å². The van der Waals surface area contributed by atoms with Gasteiger partial charge in [0.05, 0.1) is 39.6 Å². The maximum atomic E-state index is 9.29. The van der Waals surface area contributed by atoms with E-state index in [1.54, 1.807) is 0 Å². The normalized spacial score (nSPS) is 13.9. The van der Waals surface area contributed by atoms with E-state index in [0.717, 1.165) is 76.1 Å². The van der Waals surface area contributed by atoms with E-state index < -0.39 is 5.79 Å². The maximum absolute atomic E-state index is 9.29. The molecule has 0 amide bonds. The van der Waals surface area contributed by atoms with Gasteiger partial charge >= 0.3 is 0 Å². The first kappa shape index (κ1) is 50.9. The van der Waals surface area contributed by atoms with Crippen molar-refractivity contribution in [2.75, 3.05) is 39.6 Å². The van der Waals surface area contributed by atoms with E-state index in [1.165, 1.54) is 16.7 Å². The average molecular weight is 919 g/mol. The Hall–Kier alpha value is -5.54. The summed E-state index contributed by atoms with van der Waals surface area (Å²) in [5.41, 5.74) is 12.0. The summed E-state index contributed by atoms with van der Waals surface area (Å²) in [4.78, 5) is 18.3. The lowest BCUT2D eigenvalue weighted by atomic mass is 10.0. The van der Waals surface area contributed by atoms with Crippen LogP contribution in [0.4, 0.5) is 0 Å². The molecule has 5 heterocycles. The SMILES string of the molecule is CCc1cc(-c2noc(-c3cc(C)c(CC(C)C)cn3)n2)cc(C)c1OCC(CO)CO.CCc1cc(-c2noc(-c3cc(C)c(CC(C)C)cn3)n2)cc(C)c1OCC1COC(C)(C)OC1. The Kier molecular flexibility index (Phi) is 17.4. The number of aryl methyl sites for hydroxylation is 6. The summed E-state index contributed by atoms with van der Waals surface area (Å²) >= 11 is 0. The lowest BCUT2D eigenvalue weighted by Crippen LogP contribution is -2.41. The van der Waals surface area contributed by atoms with Gasteiger partial charge in [-0.2, -0.15) is 9.97 Å². The molecule has 0 radical (unpaired) electrons. The lowest BCUT2D eigenvalue weighted by Gasteiger charge is -2.34. The van der Waals surface area contributed by atoms with Crippen LogP contribution in [0.3, 0.4) is 0 Å².